The van der Waals surface area contributed by atoms with Crippen LogP contribution in [0.2, 0.25) is 0 Å². The number of pyridine rings is 1. The summed E-state index contributed by atoms with van der Waals surface area (Å²) in [5, 5.41) is 5.31. The summed E-state index contributed by atoms with van der Waals surface area (Å²) in [6, 6.07) is 3.59. The van der Waals surface area contributed by atoms with Crippen LogP contribution in [0.4, 0.5) is 4.39 Å². The molecule has 0 unspecified atom stereocenters. The summed E-state index contributed by atoms with van der Waals surface area (Å²) in [6.45, 7) is 7.41. The summed E-state index contributed by atoms with van der Waals surface area (Å²) in [4.78, 5) is 27.6. The third-order valence-electron chi connectivity index (χ3n) is 3.23. The Labute approximate surface area is 162 Å². The molecule has 8 heteroatoms. The van der Waals surface area contributed by atoms with Crippen LogP contribution in [0.3, 0.4) is 0 Å². The van der Waals surface area contributed by atoms with Gasteiger partial charge in [0.25, 0.3) is 5.91 Å². The van der Waals surface area contributed by atoms with Crippen LogP contribution in [-0.4, -0.2) is 29.9 Å². The normalized spacial score (nSPS) is 11.5. The highest BCUT2D eigenvalue weighted by Crippen LogP contribution is 2.07. The lowest BCUT2D eigenvalue weighted by molar-refractivity contribution is -0.124. The van der Waals surface area contributed by atoms with Crippen LogP contribution in [0.25, 0.3) is 0 Å². The molecule has 0 aliphatic heterocycles. The molecule has 0 saturated heterocycles. The monoisotopic (exact) mass is 393 g/mol. The fourth-order valence-corrected chi connectivity index (χ4v) is 1.86. The van der Waals surface area contributed by atoms with Crippen molar-refractivity contribution in [2.75, 3.05) is 13.2 Å². The molecule has 1 aromatic heterocycles. The second-order valence-electron chi connectivity index (χ2n) is 5.28. The van der Waals surface area contributed by atoms with E-state index in [1.165, 1.54) is 6.08 Å². The molecule has 0 spiro atoms. The van der Waals surface area contributed by atoms with Crippen LogP contribution in [-0.2, 0) is 20.9 Å². The van der Waals surface area contributed by atoms with Gasteiger partial charge in [-0.25, -0.2) is 4.39 Å². The van der Waals surface area contributed by atoms with Crippen molar-refractivity contribution in [3.8, 4) is 0 Å². The third kappa shape index (κ3) is 9.37. The number of allylic oxidation sites excluding steroid dienone is 3. The number of ether oxygens (including phenoxy) is 1. The molecule has 0 fully saturated rings. The highest BCUT2D eigenvalue weighted by molar-refractivity contribution is 6.25. The van der Waals surface area contributed by atoms with E-state index < -0.39 is 11.7 Å². The van der Waals surface area contributed by atoms with E-state index in [1.807, 2.05) is 0 Å². The molecule has 0 aromatic carbocycles. The van der Waals surface area contributed by atoms with Crippen LogP contribution in [0, 0.1) is 0 Å². The molecule has 2 N–H and O–H groups in total. The van der Waals surface area contributed by atoms with E-state index in [-0.39, 0.29) is 31.2 Å². The van der Waals surface area contributed by atoms with Crippen molar-refractivity contribution >= 4 is 23.4 Å². The number of rotatable bonds is 11. The minimum absolute atomic E-state index is 0.0689. The van der Waals surface area contributed by atoms with Crippen molar-refractivity contribution in [3.05, 3.63) is 78.1 Å². The van der Waals surface area contributed by atoms with E-state index >= 15 is 0 Å². The highest BCUT2D eigenvalue weighted by Gasteiger charge is 2.08. The number of nitrogens with zero attached hydrogens (tertiary/aromatic N) is 1. The maximum atomic E-state index is 13.0. The van der Waals surface area contributed by atoms with Crippen molar-refractivity contribution < 1.29 is 18.7 Å². The Hall–Kier alpha value is -2.93. The van der Waals surface area contributed by atoms with E-state index in [0.717, 1.165) is 17.2 Å². The topological polar surface area (TPSA) is 80.3 Å². The first-order chi connectivity index (χ1) is 13.0. The number of amides is 2. The smallest absolute Gasteiger partial charge is 0.257 e. The number of nitrogens with one attached hydrogen (secondary N) is 2. The first kappa shape index (κ1) is 22.1. The Kier molecular flexibility index (Phi) is 10.2. The predicted molar refractivity (Wildman–Crippen MR) is 102 cm³/mol. The molecule has 0 bridgehead atoms. The van der Waals surface area contributed by atoms with Gasteiger partial charge in [-0.2, -0.15) is 0 Å². The van der Waals surface area contributed by atoms with Gasteiger partial charge in [0.2, 0.25) is 5.91 Å². The zero-order valence-corrected chi connectivity index (χ0v) is 15.5. The molecule has 0 atom stereocenters. The Morgan fingerprint density at radius 2 is 2.00 bits per heavy atom. The molecular formula is C19H21ClFN3O3. The van der Waals surface area contributed by atoms with Crippen LogP contribution in [0.1, 0.15) is 12.0 Å². The average Bonchev–Trinajstić information content (AvgIpc) is 2.69. The van der Waals surface area contributed by atoms with Crippen LogP contribution in [0.5, 0.6) is 0 Å². The van der Waals surface area contributed by atoms with Crippen LogP contribution >= 0.6 is 11.6 Å². The van der Waals surface area contributed by atoms with E-state index in [4.69, 9.17) is 16.3 Å². The summed E-state index contributed by atoms with van der Waals surface area (Å²) in [5.41, 5.74) is 1.99. The zero-order chi connectivity index (χ0) is 20.1. The van der Waals surface area contributed by atoms with Gasteiger partial charge in [-0.1, -0.05) is 24.8 Å². The molecule has 0 aliphatic carbocycles. The average molecular weight is 394 g/mol. The fraction of sp³-hybridized carbons (Fsp3) is 0.211. The van der Waals surface area contributed by atoms with Gasteiger partial charge in [0, 0.05) is 42.7 Å². The van der Waals surface area contributed by atoms with E-state index in [2.05, 4.69) is 28.8 Å². The Balaban J connectivity index is 2.27. The van der Waals surface area contributed by atoms with Crippen molar-refractivity contribution in [2.45, 2.75) is 13.0 Å². The number of carbonyl (C=O) groups is 2. The van der Waals surface area contributed by atoms with E-state index in [0.29, 0.717) is 12.1 Å². The first-order valence-corrected chi connectivity index (χ1v) is 8.44. The van der Waals surface area contributed by atoms with Gasteiger partial charge < -0.3 is 15.4 Å². The Morgan fingerprint density at radius 3 is 2.63 bits per heavy atom. The maximum Gasteiger partial charge on any atom is 0.257 e. The largest absolute Gasteiger partial charge is 0.484 e. The Bertz CT molecular complexity index is 733. The third-order valence-corrected chi connectivity index (χ3v) is 3.44. The summed E-state index contributed by atoms with van der Waals surface area (Å²) >= 11 is 5.20. The summed E-state index contributed by atoms with van der Waals surface area (Å²) in [7, 11) is 0. The van der Waals surface area contributed by atoms with E-state index in [1.54, 1.807) is 24.5 Å². The quantitative estimate of drug-likeness (QED) is 0.344. The number of hydrogen-bond donors (Lipinski definition) is 2. The standard InChI is InChI=1S/C19H21ClFN3O3/c1-3-17(10-16(21)11-20)27-13-18(25)23-9-4-14(2)19(26)24-12-15-5-7-22-8-6-15/h3,5-8,10-11H,1-2,4,9,12-13H2,(H,23,25)(H,24,26)/b16-11-,17-10+. The molecule has 27 heavy (non-hydrogen) atoms. The summed E-state index contributed by atoms with van der Waals surface area (Å²) < 4.78 is 18.1. The number of hydrogen-bond acceptors (Lipinski definition) is 4. The lowest BCUT2D eigenvalue weighted by Gasteiger charge is -2.10. The fourth-order valence-electron chi connectivity index (χ4n) is 1.80. The van der Waals surface area contributed by atoms with Crippen molar-refractivity contribution in [3.63, 3.8) is 0 Å². The van der Waals surface area contributed by atoms with Crippen LogP contribution < -0.4 is 10.6 Å². The molecule has 2 amide bonds. The van der Waals surface area contributed by atoms with Crippen LogP contribution in [0.15, 0.2) is 72.5 Å². The molecule has 144 valence electrons. The van der Waals surface area contributed by atoms with Gasteiger partial charge in [-0.15, -0.1) is 0 Å². The number of aromatic nitrogens is 1. The highest BCUT2D eigenvalue weighted by atomic mass is 35.5. The predicted octanol–water partition coefficient (Wildman–Crippen LogP) is 2.90. The van der Waals surface area contributed by atoms with Gasteiger partial charge in [0.1, 0.15) is 11.6 Å². The van der Waals surface area contributed by atoms with Gasteiger partial charge in [0.15, 0.2) is 6.61 Å². The molecule has 0 radical (unpaired) electrons. The van der Waals surface area contributed by atoms with Gasteiger partial charge >= 0.3 is 0 Å². The second-order valence-corrected chi connectivity index (χ2v) is 5.49. The molecule has 1 aromatic rings. The SMILES string of the molecule is C=C/C(=C\C(F)=C\Cl)OCC(=O)NCCC(=C)C(=O)NCc1ccncc1. The molecule has 1 heterocycles. The molecule has 1 rings (SSSR count). The van der Waals surface area contributed by atoms with Crippen molar-refractivity contribution in [2.24, 2.45) is 0 Å². The summed E-state index contributed by atoms with van der Waals surface area (Å²) in [6.07, 6.45) is 5.81. The maximum absolute atomic E-state index is 13.0. The number of carbonyl (C=O) groups excluding carboxylic acids is 2. The first-order valence-electron chi connectivity index (χ1n) is 8.00. The van der Waals surface area contributed by atoms with E-state index in [9.17, 15) is 14.0 Å². The Morgan fingerprint density at radius 1 is 1.30 bits per heavy atom. The zero-order valence-electron chi connectivity index (χ0n) is 14.7. The van der Waals surface area contributed by atoms with Gasteiger partial charge in [-0.3, -0.25) is 14.6 Å². The lowest BCUT2D eigenvalue weighted by Crippen LogP contribution is -2.30. The number of halogens is 2. The second kappa shape index (κ2) is 12.4. The minimum Gasteiger partial charge on any atom is -0.484 e. The lowest BCUT2D eigenvalue weighted by atomic mass is 10.2. The minimum atomic E-state index is -0.721. The van der Waals surface area contributed by atoms with Crippen molar-refractivity contribution in [1.29, 1.82) is 0 Å². The molecule has 0 aliphatic rings. The molecular weight excluding hydrogens is 373 g/mol. The summed E-state index contributed by atoms with van der Waals surface area (Å²) in [5.74, 6) is -1.37. The molecule has 0 saturated carbocycles. The van der Waals surface area contributed by atoms with Crippen molar-refractivity contribution in [1.82, 2.24) is 15.6 Å². The van der Waals surface area contributed by atoms with Gasteiger partial charge in [0.05, 0.1) is 0 Å². The molecule has 6 nitrogen and oxygen atoms in total. The van der Waals surface area contributed by atoms with Gasteiger partial charge in [-0.05, 0) is 30.2 Å².